The van der Waals surface area contributed by atoms with Crippen molar-refractivity contribution in [2.24, 2.45) is 7.05 Å². The lowest BCUT2D eigenvalue weighted by Gasteiger charge is -2.24. The first kappa shape index (κ1) is 7.53. The van der Waals surface area contributed by atoms with Crippen LogP contribution in [0.4, 0.5) is 0 Å². The highest BCUT2D eigenvalue weighted by molar-refractivity contribution is 5.74. The van der Waals surface area contributed by atoms with Gasteiger partial charge in [0, 0.05) is 18.8 Å². The molecule has 0 bridgehead atoms. The summed E-state index contributed by atoms with van der Waals surface area (Å²) in [5.41, 5.74) is 1.76. The van der Waals surface area contributed by atoms with E-state index in [0.717, 1.165) is 11.8 Å². The lowest BCUT2D eigenvalue weighted by Crippen LogP contribution is -2.09. The summed E-state index contributed by atoms with van der Waals surface area (Å²) in [7, 11) is 1.86. The fraction of sp³-hybridized carbons (Fsp3) is 0.556. The van der Waals surface area contributed by atoms with Gasteiger partial charge in [-0.3, -0.25) is 9.48 Å². The summed E-state index contributed by atoms with van der Waals surface area (Å²) in [6.45, 7) is 0. The van der Waals surface area contributed by atoms with E-state index in [1.807, 2.05) is 13.2 Å². The molecule has 1 heterocycles. The maximum atomic E-state index is 10.6. The van der Waals surface area contributed by atoms with Gasteiger partial charge in [0.1, 0.15) is 5.69 Å². The molecule has 1 aromatic heterocycles. The average Bonchev–Trinajstić information content (AvgIpc) is 2.27. The van der Waals surface area contributed by atoms with Gasteiger partial charge >= 0.3 is 0 Å². The molecule has 12 heavy (non-hydrogen) atoms. The summed E-state index contributed by atoms with van der Waals surface area (Å²) in [6, 6.07) is 0. The van der Waals surface area contributed by atoms with Crippen LogP contribution in [0, 0.1) is 0 Å². The van der Waals surface area contributed by atoms with Crippen molar-refractivity contribution in [3.8, 4) is 0 Å². The van der Waals surface area contributed by atoms with Crippen LogP contribution in [0.3, 0.4) is 0 Å². The second kappa shape index (κ2) is 2.73. The highest BCUT2D eigenvalue weighted by Crippen LogP contribution is 2.37. The van der Waals surface area contributed by atoms with Gasteiger partial charge in [-0.05, 0) is 18.8 Å². The molecule has 1 aromatic rings. The van der Waals surface area contributed by atoms with Gasteiger partial charge in [-0.15, -0.1) is 0 Å². The quantitative estimate of drug-likeness (QED) is 0.621. The van der Waals surface area contributed by atoms with Gasteiger partial charge < -0.3 is 0 Å². The van der Waals surface area contributed by atoms with Crippen LogP contribution in [-0.2, 0) is 7.05 Å². The van der Waals surface area contributed by atoms with E-state index in [0.29, 0.717) is 11.6 Å². The molecule has 1 aliphatic carbocycles. The minimum absolute atomic E-state index is 0.596. The van der Waals surface area contributed by atoms with Crippen LogP contribution in [0.1, 0.15) is 41.2 Å². The highest BCUT2D eigenvalue weighted by atomic mass is 16.1. The molecule has 0 saturated heterocycles. The molecule has 3 heteroatoms. The minimum atomic E-state index is 0.596. The monoisotopic (exact) mass is 164 g/mol. The fourth-order valence-corrected chi connectivity index (χ4v) is 1.65. The molecule has 1 saturated carbocycles. The molecule has 0 spiro atoms. The molecule has 0 aromatic carbocycles. The summed E-state index contributed by atoms with van der Waals surface area (Å²) in [4.78, 5) is 10.6. The van der Waals surface area contributed by atoms with Gasteiger partial charge in [-0.1, -0.05) is 6.42 Å². The Balaban J connectivity index is 2.33. The third-order valence-corrected chi connectivity index (χ3v) is 2.54. The van der Waals surface area contributed by atoms with E-state index in [1.54, 1.807) is 4.68 Å². The standard InChI is InChI=1S/C9H12N2O/c1-11-5-8(7-3-2-4-7)9(6-12)10-11/h5-7H,2-4H2,1H3. The van der Waals surface area contributed by atoms with Crippen LogP contribution in [0.15, 0.2) is 6.20 Å². The lowest BCUT2D eigenvalue weighted by molar-refractivity contribution is 0.111. The summed E-state index contributed by atoms with van der Waals surface area (Å²) in [5.74, 6) is 0.596. The molecule has 0 unspecified atom stereocenters. The van der Waals surface area contributed by atoms with Crippen LogP contribution in [-0.4, -0.2) is 16.1 Å². The number of carbonyl (C=O) groups excluding carboxylic acids is 1. The van der Waals surface area contributed by atoms with Crippen LogP contribution in [0.2, 0.25) is 0 Å². The number of hydrogen-bond donors (Lipinski definition) is 0. The van der Waals surface area contributed by atoms with E-state index in [1.165, 1.54) is 19.3 Å². The normalized spacial score (nSPS) is 17.4. The molecule has 0 amide bonds. The van der Waals surface area contributed by atoms with E-state index in [4.69, 9.17) is 0 Å². The van der Waals surface area contributed by atoms with Crippen LogP contribution < -0.4 is 0 Å². The molecular formula is C9H12N2O. The molecule has 1 aliphatic rings. The van der Waals surface area contributed by atoms with Crippen molar-refractivity contribution in [2.75, 3.05) is 0 Å². The first-order valence-corrected chi connectivity index (χ1v) is 4.30. The molecule has 64 valence electrons. The first-order chi connectivity index (χ1) is 5.81. The Bertz CT molecular complexity index is 299. The summed E-state index contributed by atoms with van der Waals surface area (Å²) in [5, 5.41) is 4.08. The second-order valence-corrected chi connectivity index (χ2v) is 3.39. The topological polar surface area (TPSA) is 34.9 Å². The molecule has 1 fully saturated rings. The Morgan fingerprint density at radius 3 is 2.92 bits per heavy atom. The van der Waals surface area contributed by atoms with Gasteiger partial charge in [-0.25, -0.2) is 0 Å². The van der Waals surface area contributed by atoms with Gasteiger partial charge in [0.25, 0.3) is 0 Å². The Morgan fingerprint density at radius 2 is 2.42 bits per heavy atom. The van der Waals surface area contributed by atoms with Gasteiger partial charge in [-0.2, -0.15) is 5.10 Å². The summed E-state index contributed by atoms with van der Waals surface area (Å²) in [6.07, 6.45) is 6.54. The maximum Gasteiger partial charge on any atom is 0.170 e. The number of aldehydes is 1. The van der Waals surface area contributed by atoms with Crippen molar-refractivity contribution in [1.82, 2.24) is 9.78 Å². The van der Waals surface area contributed by atoms with E-state index < -0.39 is 0 Å². The number of hydrogen-bond acceptors (Lipinski definition) is 2. The van der Waals surface area contributed by atoms with E-state index in [-0.39, 0.29) is 0 Å². The average molecular weight is 164 g/mol. The Labute approximate surface area is 71.4 Å². The van der Waals surface area contributed by atoms with Crippen LogP contribution >= 0.6 is 0 Å². The smallest absolute Gasteiger partial charge is 0.170 e. The number of aryl methyl sites for hydroxylation is 1. The molecule has 0 radical (unpaired) electrons. The molecular weight excluding hydrogens is 152 g/mol. The maximum absolute atomic E-state index is 10.6. The highest BCUT2D eigenvalue weighted by Gasteiger charge is 2.23. The Morgan fingerprint density at radius 1 is 1.67 bits per heavy atom. The largest absolute Gasteiger partial charge is 0.296 e. The minimum Gasteiger partial charge on any atom is -0.296 e. The van der Waals surface area contributed by atoms with Crippen molar-refractivity contribution >= 4 is 6.29 Å². The van der Waals surface area contributed by atoms with Gasteiger partial charge in [0.05, 0.1) is 0 Å². The first-order valence-electron chi connectivity index (χ1n) is 4.30. The zero-order chi connectivity index (χ0) is 8.55. The summed E-state index contributed by atoms with van der Waals surface area (Å²) < 4.78 is 1.72. The molecule has 2 rings (SSSR count). The van der Waals surface area contributed by atoms with Crippen molar-refractivity contribution in [3.05, 3.63) is 17.5 Å². The Kier molecular flexibility index (Phi) is 1.71. The van der Waals surface area contributed by atoms with E-state index in [9.17, 15) is 4.79 Å². The molecule has 0 aliphatic heterocycles. The van der Waals surface area contributed by atoms with E-state index >= 15 is 0 Å². The predicted octanol–water partition coefficient (Wildman–Crippen LogP) is 1.50. The zero-order valence-corrected chi connectivity index (χ0v) is 7.16. The number of aromatic nitrogens is 2. The Hall–Kier alpha value is -1.12. The number of rotatable bonds is 2. The van der Waals surface area contributed by atoms with E-state index in [2.05, 4.69) is 5.10 Å². The van der Waals surface area contributed by atoms with Crippen LogP contribution in [0.5, 0.6) is 0 Å². The zero-order valence-electron chi connectivity index (χ0n) is 7.16. The van der Waals surface area contributed by atoms with Gasteiger partial charge in [0.2, 0.25) is 0 Å². The summed E-state index contributed by atoms with van der Waals surface area (Å²) >= 11 is 0. The van der Waals surface area contributed by atoms with Crippen LogP contribution in [0.25, 0.3) is 0 Å². The van der Waals surface area contributed by atoms with Crippen molar-refractivity contribution in [2.45, 2.75) is 25.2 Å². The molecule has 0 N–H and O–H groups in total. The predicted molar refractivity (Wildman–Crippen MR) is 45.2 cm³/mol. The van der Waals surface area contributed by atoms with Crippen molar-refractivity contribution < 1.29 is 4.79 Å². The van der Waals surface area contributed by atoms with Crippen molar-refractivity contribution in [1.29, 1.82) is 0 Å². The third kappa shape index (κ3) is 1.05. The molecule has 0 atom stereocenters. The SMILES string of the molecule is Cn1cc(C2CCC2)c(C=O)n1. The van der Waals surface area contributed by atoms with Gasteiger partial charge in [0.15, 0.2) is 6.29 Å². The lowest BCUT2D eigenvalue weighted by atomic mass is 9.80. The number of carbonyl (C=O) groups is 1. The third-order valence-electron chi connectivity index (χ3n) is 2.54. The fourth-order valence-electron chi connectivity index (χ4n) is 1.65. The second-order valence-electron chi connectivity index (χ2n) is 3.39. The van der Waals surface area contributed by atoms with Crippen molar-refractivity contribution in [3.63, 3.8) is 0 Å². The number of nitrogens with zero attached hydrogens (tertiary/aromatic N) is 2. The molecule has 3 nitrogen and oxygen atoms in total.